The van der Waals surface area contributed by atoms with E-state index in [0.717, 1.165) is 5.75 Å². The molecule has 0 fully saturated rings. The van der Waals surface area contributed by atoms with Crippen LogP contribution in [0, 0.1) is 0 Å². The lowest BCUT2D eigenvalue weighted by atomic mass is 10.2. The van der Waals surface area contributed by atoms with Crippen LogP contribution < -0.4 is 9.47 Å². The highest BCUT2D eigenvalue weighted by molar-refractivity contribution is 7.10. The molecule has 6 heteroatoms. The van der Waals surface area contributed by atoms with E-state index in [4.69, 9.17) is 21.1 Å². The maximum absolute atomic E-state index is 11.0. The minimum Gasteiger partial charge on any atom is -0.485 e. The van der Waals surface area contributed by atoms with Crippen molar-refractivity contribution in [1.29, 1.82) is 0 Å². The molecule has 0 saturated heterocycles. The quantitative estimate of drug-likeness (QED) is 0.794. The van der Waals surface area contributed by atoms with Crippen LogP contribution in [-0.4, -0.2) is 16.8 Å². The van der Waals surface area contributed by atoms with Crippen molar-refractivity contribution in [2.75, 3.05) is 6.61 Å². The van der Waals surface area contributed by atoms with Crippen LogP contribution in [0.4, 0.5) is 0 Å². The van der Waals surface area contributed by atoms with Gasteiger partial charge in [0.15, 0.2) is 17.6 Å². The minimum absolute atomic E-state index is 0.249. The zero-order chi connectivity index (χ0) is 12.5. The van der Waals surface area contributed by atoms with Crippen LogP contribution in [-0.2, 0) is 0 Å². The summed E-state index contributed by atoms with van der Waals surface area (Å²) in [6, 6.07) is 7.44. The molecule has 1 aromatic heterocycles. The Kier molecular flexibility index (Phi) is 2.93. The third kappa shape index (κ3) is 2.07. The number of fused-ring (bicyclic) bond motifs is 1. The number of halogens is 1. The maximum Gasteiger partial charge on any atom is 0.271 e. The number of nitrogens with zero attached hydrogens (tertiary/aromatic N) is 1. The van der Waals surface area contributed by atoms with Gasteiger partial charge in [-0.05, 0) is 23.7 Å². The highest BCUT2D eigenvalue weighted by Gasteiger charge is 2.25. The fourth-order valence-corrected chi connectivity index (χ4v) is 2.64. The number of thiazole rings is 1. The predicted octanol–water partition coefficient (Wildman–Crippen LogP) is 3.03. The summed E-state index contributed by atoms with van der Waals surface area (Å²) >= 11 is 6.71. The third-order valence-corrected chi connectivity index (χ3v) is 3.64. The van der Waals surface area contributed by atoms with Gasteiger partial charge in [-0.3, -0.25) is 4.79 Å². The van der Waals surface area contributed by atoms with Gasteiger partial charge in [0.05, 0.1) is 0 Å². The predicted molar refractivity (Wildman–Crippen MR) is 67.6 cm³/mol. The average Bonchev–Trinajstić information content (AvgIpc) is 2.88. The van der Waals surface area contributed by atoms with E-state index in [1.807, 2.05) is 24.3 Å². The highest BCUT2D eigenvalue weighted by Crippen LogP contribution is 2.36. The van der Waals surface area contributed by atoms with Crippen molar-refractivity contribution in [3.63, 3.8) is 0 Å². The number of hydrogen-bond donors (Lipinski definition) is 0. The summed E-state index contributed by atoms with van der Waals surface area (Å²) in [7, 11) is 0. The molecule has 92 valence electrons. The summed E-state index contributed by atoms with van der Waals surface area (Å²) in [5.41, 5.74) is 0.249. The number of carbonyl (C=O) groups excluding carboxylic acids is 1. The van der Waals surface area contributed by atoms with Crippen molar-refractivity contribution in [3.05, 3.63) is 40.3 Å². The lowest BCUT2D eigenvalue weighted by molar-refractivity contribution is 0.0908. The number of aromatic nitrogens is 1. The molecule has 1 aliphatic heterocycles. The molecule has 3 rings (SSSR count). The van der Waals surface area contributed by atoms with Gasteiger partial charge in [0.1, 0.15) is 17.3 Å². The first kappa shape index (κ1) is 11.5. The van der Waals surface area contributed by atoms with E-state index < -0.39 is 5.24 Å². The number of benzene rings is 1. The van der Waals surface area contributed by atoms with Crippen LogP contribution in [0.15, 0.2) is 29.6 Å². The van der Waals surface area contributed by atoms with E-state index >= 15 is 0 Å². The second-order valence-corrected chi connectivity index (χ2v) is 4.94. The SMILES string of the molecule is O=C(Cl)c1csc(C2COc3ccccc3O2)n1. The number of carbonyl (C=O) groups is 1. The first-order chi connectivity index (χ1) is 8.74. The molecule has 1 unspecified atom stereocenters. The van der Waals surface area contributed by atoms with Crippen LogP contribution in [0.3, 0.4) is 0 Å². The standard InChI is InChI=1S/C12H8ClNO3S/c13-11(15)7-6-18-12(14-7)10-5-16-8-3-1-2-4-9(8)17-10/h1-4,6,10H,5H2. The first-order valence-electron chi connectivity index (χ1n) is 5.28. The fraction of sp³-hybridized carbons (Fsp3) is 0.167. The van der Waals surface area contributed by atoms with Crippen LogP contribution in [0.1, 0.15) is 21.6 Å². The Bertz CT molecular complexity index is 599. The van der Waals surface area contributed by atoms with E-state index in [-0.39, 0.29) is 11.8 Å². The fourth-order valence-electron chi connectivity index (χ4n) is 1.67. The second-order valence-electron chi connectivity index (χ2n) is 3.71. The molecule has 0 radical (unpaired) electrons. The molecule has 0 aliphatic carbocycles. The van der Waals surface area contributed by atoms with Crippen LogP contribution >= 0.6 is 22.9 Å². The zero-order valence-electron chi connectivity index (χ0n) is 9.13. The second kappa shape index (κ2) is 4.59. The van der Waals surface area contributed by atoms with Gasteiger partial charge in [-0.25, -0.2) is 4.98 Å². The molecular formula is C12H8ClNO3S. The van der Waals surface area contributed by atoms with E-state index in [1.165, 1.54) is 11.3 Å². The Morgan fingerprint density at radius 3 is 2.89 bits per heavy atom. The lowest BCUT2D eigenvalue weighted by Crippen LogP contribution is -2.21. The largest absolute Gasteiger partial charge is 0.485 e. The Morgan fingerprint density at radius 2 is 2.17 bits per heavy atom. The molecule has 4 nitrogen and oxygen atoms in total. The van der Waals surface area contributed by atoms with Crippen LogP contribution in [0.5, 0.6) is 11.5 Å². The zero-order valence-corrected chi connectivity index (χ0v) is 10.7. The Labute approximate surface area is 112 Å². The van der Waals surface area contributed by atoms with Crippen molar-refractivity contribution < 1.29 is 14.3 Å². The van der Waals surface area contributed by atoms with Gasteiger partial charge in [-0.15, -0.1) is 11.3 Å². The summed E-state index contributed by atoms with van der Waals surface area (Å²) in [6.07, 6.45) is -0.297. The van der Waals surface area contributed by atoms with E-state index in [1.54, 1.807) is 5.38 Å². The number of rotatable bonds is 2. The van der Waals surface area contributed by atoms with Crippen molar-refractivity contribution in [1.82, 2.24) is 4.98 Å². The molecule has 1 atom stereocenters. The molecule has 0 bridgehead atoms. The van der Waals surface area contributed by atoms with Gasteiger partial charge in [-0.1, -0.05) is 12.1 Å². The van der Waals surface area contributed by atoms with Gasteiger partial charge in [-0.2, -0.15) is 0 Å². The molecular weight excluding hydrogens is 274 g/mol. The Morgan fingerprint density at radius 1 is 1.39 bits per heavy atom. The number of para-hydroxylation sites is 2. The summed E-state index contributed by atoms with van der Waals surface area (Å²) in [5.74, 6) is 1.40. The van der Waals surface area contributed by atoms with Crippen molar-refractivity contribution in [2.24, 2.45) is 0 Å². The molecule has 2 aromatic rings. The Balaban J connectivity index is 1.85. The average molecular weight is 282 g/mol. The molecule has 2 heterocycles. The third-order valence-electron chi connectivity index (χ3n) is 2.51. The Hall–Kier alpha value is -1.59. The number of ether oxygens (including phenoxy) is 2. The summed E-state index contributed by atoms with van der Waals surface area (Å²) in [5, 5.41) is 1.75. The summed E-state index contributed by atoms with van der Waals surface area (Å²) in [6.45, 7) is 0.375. The summed E-state index contributed by atoms with van der Waals surface area (Å²) in [4.78, 5) is 15.1. The molecule has 1 aliphatic rings. The molecule has 18 heavy (non-hydrogen) atoms. The molecule has 0 amide bonds. The smallest absolute Gasteiger partial charge is 0.271 e. The number of hydrogen-bond acceptors (Lipinski definition) is 5. The van der Waals surface area contributed by atoms with E-state index in [0.29, 0.717) is 17.4 Å². The van der Waals surface area contributed by atoms with Crippen molar-refractivity contribution >= 4 is 28.2 Å². The topological polar surface area (TPSA) is 48.4 Å². The minimum atomic E-state index is -0.561. The molecule has 0 N–H and O–H groups in total. The normalized spacial score (nSPS) is 17.5. The van der Waals surface area contributed by atoms with Gasteiger partial charge in [0, 0.05) is 5.38 Å². The van der Waals surface area contributed by atoms with Gasteiger partial charge in [0.2, 0.25) is 0 Å². The van der Waals surface area contributed by atoms with Crippen LogP contribution in [0.2, 0.25) is 0 Å². The van der Waals surface area contributed by atoms with Gasteiger partial charge in [0.25, 0.3) is 5.24 Å². The van der Waals surface area contributed by atoms with E-state index in [2.05, 4.69) is 4.98 Å². The first-order valence-corrected chi connectivity index (χ1v) is 6.53. The summed E-state index contributed by atoms with van der Waals surface area (Å²) < 4.78 is 11.4. The van der Waals surface area contributed by atoms with Gasteiger partial charge >= 0.3 is 0 Å². The molecule has 0 saturated carbocycles. The van der Waals surface area contributed by atoms with Crippen molar-refractivity contribution in [3.8, 4) is 11.5 Å². The van der Waals surface area contributed by atoms with Crippen LogP contribution in [0.25, 0.3) is 0 Å². The maximum atomic E-state index is 11.0. The lowest BCUT2D eigenvalue weighted by Gasteiger charge is -2.24. The van der Waals surface area contributed by atoms with Crippen molar-refractivity contribution in [2.45, 2.75) is 6.10 Å². The molecule has 0 spiro atoms. The highest BCUT2D eigenvalue weighted by atomic mass is 35.5. The monoisotopic (exact) mass is 281 g/mol. The molecule has 1 aromatic carbocycles. The van der Waals surface area contributed by atoms with E-state index in [9.17, 15) is 4.79 Å². The van der Waals surface area contributed by atoms with Gasteiger partial charge < -0.3 is 9.47 Å².